The predicted molar refractivity (Wildman–Crippen MR) is 92.8 cm³/mol. The third kappa shape index (κ3) is 4.57. The number of benzene rings is 1. The van der Waals surface area contributed by atoms with Gasteiger partial charge >= 0.3 is 0 Å². The van der Waals surface area contributed by atoms with Crippen LogP contribution in [0.25, 0.3) is 0 Å². The maximum atomic E-state index is 3.83. The molecule has 1 heteroatoms. The van der Waals surface area contributed by atoms with Crippen molar-refractivity contribution < 1.29 is 0 Å². The lowest BCUT2D eigenvalue weighted by Crippen LogP contribution is -2.39. The van der Waals surface area contributed by atoms with Gasteiger partial charge in [-0.05, 0) is 54.7 Å². The Morgan fingerprint density at radius 1 is 1.14 bits per heavy atom. The summed E-state index contributed by atoms with van der Waals surface area (Å²) in [5.74, 6) is 2.37. The summed E-state index contributed by atoms with van der Waals surface area (Å²) in [5, 5.41) is 3.83. The first kappa shape index (κ1) is 16.5. The highest BCUT2D eigenvalue weighted by Gasteiger charge is 2.30. The number of hydrogen-bond acceptors (Lipinski definition) is 1. The number of hydrogen-bond donors (Lipinski definition) is 1. The lowest BCUT2D eigenvalue weighted by molar-refractivity contribution is 0.295. The van der Waals surface area contributed by atoms with Gasteiger partial charge in [-0.3, -0.25) is 0 Å². The van der Waals surface area contributed by atoms with Gasteiger partial charge in [-0.2, -0.15) is 0 Å². The van der Waals surface area contributed by atoms with Crippen molar-refractivity contribution in [2.45, 2.75) is 71.8 Å². The number of rotatable bonds is 7. The van der Waals surface area contributed by atoms with E-state index in [2.05, 4.69) is 57.3 Å². The zero-order valence-electron chi connectivity index (χ0n) is 14.4. The molecule has 1 nitrogen and oxygen atoms in total. The minimum Gasteiger partial charge on any atom is -0.313 e. The molecular weight excluding hydrogens is 254 g/mol. The fourth-order valence-corrected chi connectivity index (χ4v) is 3.77. The van der Waals surface area contributed by atoms with Crippen molar-refractivity contribution in [2.24, 2.45) is 11.8 Å². The minimum atomic E-state index is 0.628. The zero-order valence-corrected chi connectivity index (χ0v) is 14.4. The topological polar surface area (TPSA) is 12.0 Å². The van der Waals surface area contributed by atoms with Crippen molar-refractivity contribution in [1.29, 1.82) is 0 Å². The molecule has 1 aromatic carbocycles. The Bertz CT molecular complexity index is 406. The van der Waals surface area contributed by atoms with Crippen LogP contribution in [0.2, 0.25) is 0 Å². The molecule has 0 aliphatic heterocycles. The van der Waals surface area contributed by atoms with E-state index in [1.54, 1.807) is 0 Å². The van der Waals surface area contributed by atoms with Crippen molar-refractivity contribution in [2.75, 3.05) is 6.54 Å². The van der Waals surface area contributed by atoms with Crippen LogP contribution in [0.4, 0.5) is 0 Å². The Labute approximate surface area is 131 Å². The van der Waals surface area contributed by atoms with Crippen LogP contribution in [0.1, 0.15) is 70.4 Å². The quantitative estimate of drug-likeness (QED) is 0.730. The van der Waals surface area contributed by atoms with E-state index in [4.69, 9.17) is 0 Å². The SMILES string of the molecule is CCCNC(Cc1ccc(C(C)C)cc1)C1CCCC1C. The van der Waals surface area contributed by atoms with Crippen LogP contribution in [0.3, 0.4) is 0 Å². The second-order valence-electron chi connectivity index (χ2n) is 7.23. The molecule has 1 aliphatic carbocycles. The van der Waals surface area contributed by atoms with Crippen molar-refractivity contribution in [1.82, 2.24) is 5.32 Å². The first-order valence-electron chi connectivity index (χ1n) is 8.94. The van der Waals surface area contributed by atoms with Crippen LogP contribution in [-0.2, 0) is 6.42 Å². The van der Waals surface area contributed by atoms with Gasteiger partial charge in [0.1, 0.15) is 0 Å². The molecule has 21 heavy (non-hydrogen) atoms. The van der Waals surface area contributed by atoms with Crippen LogP contribution in [-0.4, -0.2) is 12.6 Å². The highest BCUT2D eigenvalue weighted by atomic mass is 14.9. The molecule has 0 radical (unpaired) electrons. The minimum absolute atomic E-state index is 0.628. The highest BCUT2D eigenvalue weighted by molar-refractivity contribution is 5.25. The molecule has 0 spiro atoms. The van der Waals surface area contributed by atoms with Gasteiger partial charge in [-0.1, -0.05) is 64.8 Å². The molecule has 1 fully saturated rings. The van der Waals surface area contributed by atoms with Gasteiger partial charge in [-0.15, -0.1) is 0 Å². The monoisotopic (exact) mass is 287 g/mol. The van der Waals surface area contributed by atoms with E-state index in [1.165, 1.54) is 43.2 Å². The first-order valence-corrected chi connectivity index (χ1v) is 8.94. The Hall–Kier alpha value is -0.820. The molecule has 1 aromatic rings. The van der Waals surface area contributed by atoms with Crippen LogP contribution in [0.15, 0.2) is 24.3 Å². The van der Waals surface area contributed by atoms with Gasteiger partial charge in [0.2, 0.25) is 0 Å². The van der Waals surface area contributed by atoms with Gasteiger partial charge in [0.05, 0.1) is 0 Å². The molecule has 0 aromatic heterocycles. The molecule has 118 valence electrons. The van der Waals surface area contributed by atoms with Gasteiger partial charge in [0.25, 0.3) is 0 Å². The summed E-state index contributed by atoms with van der Waals surface area (Å²) in [6.45, 7) is 10.4. The van der Waals surface area contributed by atoms with E-state index < -0.39 is 0 Å². The van der Waals surface area contributed by atoms with Gasteiger partial charge in [-0.25, -0.2) is 0 Å². The highest BCUT2D eigenvalue weighted by Crippen LogP contribution is 2.34. The molecular formula is C20H33N. The second kappa shape index (κ2) is 7.98. The molecule has 1 N–H and O–H groups in total. The number of nitrogens with one attached hydrogen (secondary N) is 1. The summed E-state index contributed by atoms with van der Waals surface area (Å²) in [6, 6.07) is 9.97. The van der Waals surface area contributed by atoms with E-state index in [0.717, 1.165) is 18.4 Å². The van der Waals surface area contributed by atoms with E-state index in [1.807, 2.05) is 0 Å². The van der Waals surface area contributed by atoms with Gasteiger partial charge < -0.3 is 5.32 Å². The Kier molecular flexibility index (Phi) is 6.29. The van der Waals surface area contributed by atoms with Crippen LogP contribution >= 0.6 is 0 Å². The Morgan fingerprint density at radius 3 is 2.38 bits per heavy atom. The molecule has 0 amide bonds. The third-order valence-corrected chi connectivity index (χ3v) is 5.20. The Balaban J connectivity index is 2.03. The van der Waals surface area contributed by atoms with E-state index >= 15 is 0 Å². The normalized spacial score (nSPS) is 23.7. The van der Waals surface area contributed by atoms with Crippen molar-refractivity contribution >= 4 is 0 Å². The lowest BCUT2D eigenvalue weighted by atomic mass is 9.86. The van der Waals surface area contributed by atoms with Gasteiger partial charge in [0, 0.05) is 6.04 Å². The molecule has 0 bridgehead atoms. The standard InChI is InChI=1S/C20H33N/c1-5-13-21-20(19-8-6-7-16(19)4)14-17-9-11-18(12-10-17)15(2)3/h9-12,15-16,19-21H,5-8,13-14H2,1-4H3. The average Bonchev–Trinajstić information content (AvgIpc) is 2.90. The summed E-state index contributed by atoms with van der Waals surface area (Å²) < 4.78 is 0. The van der Waals surface area contributed by atoms with E-state index in [-0.39, 0.29) is 0 Å². The van der Waals surface area contributed by atoms with Crippen LogP contribution < -0.4 is 5.32 Å². The fourth-order valence-electron chi connectivity index (χ4n) is 3.77. The fraction of sp³-hybridized carbons (Fsp3) is 0.700. The molecule has 1 saturated carbocycles. The van der Waals surface area contributed by atoms with Crippen molar-refractivity contribution in [3.8, 4) is 0 Å². The molecule has 3 atom stereocenters. The van der Waals surface area contributed by atoms with Crippen LogP contribution in [0, 0.1) is 11.8 Å². The van der Waals surface area contributed by atoms with Crippen LogP contribution in [0.5, 0.6) is 0 Å². The van der Waals surface area contributed by atoms with E-state index in [0.29, 0.717) is 12.0 Å². The summed E-state index contributed by atoms with van der Waals surface area (Å²) in [7, 11) is 0. The third-order valence-electron chi connectivity index (χ3n) is 5.20. The van der Waals surface area contributed by atoms with Crippen molar-refractivity contribution in [3.63, 3.8) is 0 Å². The molecule has 1 aliphatic rings. The maximum absolute atomic E-state index is 3.83. The lowest BCUT2D eigenvalue weighted by Gasteiger charge is -2.28. The van der Waals surface area contributed by atoms with Gasteiger partial charge in [0.15, 0.2) is 0 Å². The largest absolute Gasteiger partial charge is 0.313 e. The average molecular weight is 287 g/mol. The maximum Gasteiger partial charge on any atom is 0.0138 e. The summed E-state index contributed by atoms with van der Waals surface area (Å²) in [5.41, 5.74) is 2.94. The smallest absolute Gasteiger partial charge is 0.0138 e. The Morgan fingerprint density at radius 2 is 1.86 bits per heavy atom. The zero-order chi connectivity index (χ0) is 15.2. The van der Waals surface area contributed by atoms with E-state index in [9.17, 15) is 0 Å². The van der Waals surface area contributed by atoms with Crippen molar-refractivity contribution in [3.05, 3.63) is 35.4 Å². The molecule has 2 rings (SSSR count). The summed E-state index contributed by atoms with van der Waals surface area (Å²) >= 11 is 0. The first-order chi connectivity index (χ1) is 10.1. The summed E-state index contributed by atoms with van der Waals surface area (Å²) in [4.78, 5) is 0. The molecule has 0 saturated heterocycles. The second-order valence-corrected chi connectivity index (χ2v) is 7.23. The predicted octanol–water partition coefficient (Wildman–Crippen LogP) is 5.16. The molecule has 0 heterocycles. The molecule has 3 unspecified atom stereocenters. The summed E-state index contributed by atoms with van der Waals surface area (Å²) in [6.07, 6.45) is 6.66.